The highest BCUT2D eigenvalue weighted by Crippen LogP contribution is 2.40. The van der Waals surface area contributed by atoms with Gasteiger partial charge in [0.15, 0.2) is 5.16 Å². The Bertz CT molecular complexity index is 652. The SMILES string of the molecule is NC(=O)CCn1c(SCCCc2ccccc2)nnc1C1CC1. The van der Waals surface area contributed by atoms with Gasteiger partial charge in [0.25, 0.3) is 0 Å². The summed E-state index contributed by atoms with van der Waals surface area (Å²) in [5, 5.41) is 9.57. The highest BCUT2D eigenvalue weighted by molar-refractivity contribution is 7.99. The Hall–Kier alpha value is -1.82. The molecule has 1 aliphatic rings. The van der Waals surface area contributed by atoms with E-state index < -0.39 is 0 Å². The first-order chi connectivity index (χ1) is 11.2. The third kappa shape index (κ3) is 4.58. The highest BCUT2D eigenvalue weighted by atomic mass is 32.2. The number of amides is 1. The quantitative estimate of drug-likeness (QED) is 0.567. The molecule has 3 rings (SSSR count). The lowest BCUT2D eigenvalue weighted by Gasteiger charge is -2.08. The molecule has 1 saturated carbocycles. The van der Waals surface area contributed by atoms with E-state index in [4.69, 9.17) is 5.73 Å². The number of nitrogens with zero attached hydrogens (tertiary/aromatic N) is 3. The molecule has 0 spiro atoms. The normalized spacial score (nSPS) is 14.1. The van der Waals surface area contributed by atoms with E-state index in [1.54, 1.807) is 11.8 Å². The zero-order valence-corrected chi connectivity index (χ0v) is 14.0. The number of hydrogen-bond donors (Lipinski definition) is 1. The third-order valence-corrected chi connectivity index (χ3v) is 5.01. The molecule has 1 amide bonds. The Morgan fingerprint density at radius 1 is 1.26 bits per heavy atom. The van der Waals surface area contributed by atoms with E-state index in [0.717, 1.165) is 29.6 Å². The first-order valence-corrected chi connectivity index (χ1v) is 9.10. The molecule has 1 aliphatic carbocycles. The summed E-state index contributed by atoms with van der Waals surface area (Å²) in [6, 6.07) is 10.5. The molecule has 6 heteroatoms. The summed E-state index contributed by atoms with van der Waals surface area (Å²) < 4.78 is 2.09. The molecular weight excluding hydrogens is 308 g/mol. The average Bonchev–Trinajstić information content (AvgIpc) is 3.32. The van der Waals surface area contributed by atoms with Crippen molar-refractivity contribution < 1.29 is 4.79 Å². The van der Waals surface area contributed by atoms with Crippen LogP contribution in [0.1, 0.15) is 43.0 Å². The maximum atomic E-state index is 11.1. The van der Waals surface area contributed by atoms with Gasteiger partial charge in [0, 0.05) is 24.6 Å². The summed E-state index contributed by atoms with van der Waals surface area (Å²) in [5.74, 6) is 2.26. The van der Waals surface area contributed by atoms with E-state index in [1.807, 2.05) is 6.07 Å². The topological polar surface area (TPSA) is 73.8 Å². The number of benzene rings is 1. The highest BCUT2D eigenvalue weighted by Gasteiger charge is 2.30. The molecule has 122 valence electrons. The summed E-state index contributed by atoms with van der Waals surface area (Å²) in [6.45, 7) is 0.592. The lowest BCUT2D eigenvalue weighted by Crippen LogP contribution is -2.15. The molecule has 1 heterocycles. The van der Waals surface area contributed by atoms with Gasteiger partial charge in [0.2, 0.25) is 5.91 Å². The van der Waals surface area contributed by atoms with Crippen LogP contribution in [0.4, 0.5) is 0 Å². The van der Waals surface area contributed by atoms with Crippen LogP contribution in [-0.4, -0.2) is 26.4 Å². The Morgan fingerprint density at radius 2 is 2.04 bits per heavy atom. The van der Waals surface area contributed by atoms with E-state index >= 15 is 0 Å². The lowest BCUT2D eigenvalue weighted by molar-refractivity contribution is -0.118. The van der Waals surface area contributed by atoms with Gasteiger partial charge in [-0.05, 0) is 31.2 Å². The van der Waals surface area contributed by atoms with Crippen LogP contribution in [0.25, 0.3) is 0 Å². The predicted octanol–water partition coefficient (Wildman–Crippen LogP) is 2.76. The minimum absolute atomic E-state index is 0.277. The Balaban J connectivity index is 1.55. The summed E-state index contributed by atoms with van der Waals surface area (Å²) in [7, 11) is 0. The van der Waals surface area contributed by atoms with Gasteiger partial charge < -0.3 is 10.3 Å². The Kier molecular flexibility index (Phi) is 5.33. The van der Waals surface area contributed by atoms with Crippen LogP contribution in [0.2, 0.25) is 0 Å². The number of carbonyl (C=O) groups excluding carboxylic acids is 1. The van der Waals surface area contributed by atoms with E-state index in [9.17, 15) is 4.79 Å². The average molecular weight is 330 g/mol. The first-order valence-electron chi connectivity index (χ1n) is 8.12. The van der Waals surface area contributed by atoms with Gasteiger partial charge in [-0.1, -0.05) is 42.1 Å². The smallest absolute Gasteiger partial charge is 0.219 e. The first kappa shape index (κ1) is 16.1. The predicted molar refractivity (Wildman–Crippen MR) is 91.3 cm³/mol. The van der Waals surface area contributed by atoms with Crippen molar-refractivity contribution in [2.24, 2.45) is 5.73 Å². The molecule has 1 aromatic heterocycles. The zero-order valence-electron chi connectivity index (χ0n) is 13.1. The van der Waals surface area contributed by atoms with Gasteiger partial charge in [-0.15, -0.1) is 10.2 Å². The standard InChI is InChI=1S/C17H22N4OS/c18-15(22)10-11-21-16(14-8-9-14)19-20-17(21)23-12-4-7-13-5-2-1-3-6-13/h1-3,5-6,14H,4,7-12H2,(H2,18,22). The van der Waals surface area contributed by atoms with Crippen LogP contribution in [0.3, 0.4) is 0 Å². The van der Waals surface area contributed by atoms with Gasteiger partial charge in [-0.25, -0.2) is 0 Å². The molecule has 0 unspecified atom stereocenters. The minimum atomic E-state index is -0.277. The second kappa shape index (κ2) is 7.64. The van der Waals surface area contributed by atoms with Crippen molar-refractivity contribution in [3.05, 3.63) is 41.7 Å². The molecule has 2 aromatic rings. The number of nitrogens with two attached hydrogens (primary N) is 1. The van der Waals surface area contributed by atoms with Crippen molar-refractivity contribution in [3.63, 3.8) is 0 Å². The third-order valence-electron chi connectivity index (χ3n) is 3.95. The van der Waals surface area contributed by atoms with E-state index in [1.165, 1.54) is 18.4 Å². The maximum absolute atomic E-state index is 11.1. The van der Waals surface area contributed by atoms with Crippen molar-refractivity contribution in [1.29, 1.82) is 0 Å². The van der Waals surface area contributed by atoms with Gasteiger partial charge in [-0.2, -0.15) is 0 Å². The summed E-state index contributed by atoms with van der Waals surface area (Å²) in [6.07, 6.45) is 4.85. The summed E-state index contributed by atoms with van der Waals surface area (Å²) in [5.41, 5.74) is 6.65. The molecule has 0 radical (unpaired) electrons. The lowest BCUT2D eigenvalue weighted by atomic mass is 10.1. The van der Waals surface area contributed by atoms with Crippen molar-refractivity contribution in [3.8, 4) is 0 Å². The van der Waals surface area contributed by atoms with Crippen LogP contribution in [0, 0.1) is 0 Å². The Labute approximate surface area is 140 Å². The van der Waals surface area contributed by atoms with E-state index in [2.05, 4.69) is 39.0 Å². The summed E-state index contributed by atoms with van der Waals surface area (Å²) >= 11 is 1.72. The van der Waals surface area contributed by atoms with Crippen molar-refractivity contribution in [2.45, 2.75) is 49.7 Å². The van der Waals surface area contributed by atoms with Crippen molar-refractivity contribution in [2.75, 3.05) is 5.75 Å². The Morgan fingerprint density at radius 3 is 2.74 bits per heavy atom. The number of aryl methyl sites for hydroxylation is 1. The van der Waals surface area contributed by atoms with Gasteiger partial charge in [0.1, 0.15) is 5.82 Å². The molecular formula is C17H22N4OS. The molecule has 0 atom stereocenters. The zero-order chi connectivity index (χ0) is 16.1. The number of carbonyl (C=O) groups is 1. The number of primary amides is 1. The molecule has 0 saturated heterocycles. The molecule has 1 fully saturated rings. The monoisotopic (exact) mass is 330 g/mol. The van der Waals surface area contributed by atoms with Gasteiger partial charge in [0.05, 0.1) is 0 Å². The molecule has 23 heavy (non-hydrogen) atoms. The number of aromatic nitrogens is 3. The molecule has 1 aromatic carbocycles. The largest absolute Gasteiger partial charge is 0.370 e. The maximum Gasteiger partial charge on any atom is 0.219 e. The van der Waals surface area contributed by atoms with Crippen LogP contribution < -0.4 is 5.73 Å². The second-order valence-electron chi connectivity index (χ2n) is 5.92. The van der Waals surface area contributed by atoms with Crippen molar-refractivity contribution >= 4 is 17.7 Å². The fourth-order valence-electron chi connectivity index (χ4n) is 2.57. The van der Waals surface area contributed by atoms with Crippen LogP contribution in [-0.2, 0) is 17.8 Å². The van der Waals surface area contributed by atoms with Gasteiger partial charge >= 0.3 is 0 Å². The number of hydrogen-bond acceptors (Lipinski definition) is 4. The van der Waals surface area contributed by atoms with Gasteiger partial charge in [-0.3, -0.25) is 4.79 Å². The molecule has 5 nitrogen and oxygen atoms in total. The van der Waals surface area contributed by atoms with E-state index in [-0.39, 0.29) is 5.91 Å². The van der Waals surface area contributed by atoms with Crippen LogP contribution in [0.5, 0.6) is 0 Å². The van der Waals surface area contributed by atoms with E-state index in [0.29, 0.717) is 18.9 Å². The second-order valence-corrected chi connectivity index (χ2v) is 6.98. The minimum Gasteiger partial charge on any atom is -0.370 e. The number of rotatable bonds is 9. The number of thioether (sulfide) groups is 1. The summed E-state index contributed by atoms with van der Waals surface area (Å²) in [4.78, 5) is 11.1. The molecule has 0 aliphatic heterocycles. The fourth-order valence-corrected chi connectivity index (χ4v) is 3.48. The van der Waals surface area contributed by atoms with Crippen LogP contribution in [0.15, 0.2) is 35.5 Å². The molecule has 2 N–H and O–H groups in total. The fraction of sp³-hybridized carbons (Fsp3) is 0.471. The van der Waals surface area contributed by atoms with Crippen LogP contribution >= 0.6 is 11.8 Å². The van der Waals surface area contributed by atoms with Crippen molar-refractivity contribution in [1.82, 2.24) is 14.8 Å². The molecule has 0 bridgehead atoms.